The zero-order valence-corrected chi connectivity index (χ0v) is 15.1. The number of ether oxygens (including phenoxy) is 2. The minimum absolute atomic E-state index is 0.241. The molecule has 3 amide bonds. The van der Waals surface area contributed by atoms with Crippen LogP contribution >= 0.6 is 0 Å². The maximum absolute atomic E-state index is 12.2. The number of nitrogens with zero attached hydrogens (tertiary/aromatic N) is 1. The zero-order valence-electron chi connectivity index (χ0n) is 15.1. The fraction of sp³-hybridized carbons (Fsp3) is 0.200. The Bertz CT molecular complexity index is 905. The molecule has 0 spiro atoms. The molecule has 144 valence electrons. The number of benzene rings is 2. The number of rotatable bonds is 7. The van der Waals surface area contributed by atoms with E-state index in [1.54, 1.807) is 36.4 Å². The number of amides is 3. The average Bonchev–Trinajstić information content (AvgIpc) is 2.93. The number of hydrogen-bond donors (Lipinski definition) is 1. The third kappa shape index (κ3) is 4.01. The van der Waals surface area contributed by atoms with Crippen molar-refractivity contribution in [3.05, 3.63) is 59.7 Å². The van der Waals surface area contributed by atoms with E-state index in [1.165, 1.54) is 12.1 Å². The van der Waals surface area contributed by atoms with Gasteiger partial charge in [0.2, 0.25) is 0 Å². The first-order valence-corrected chi connectivity index (χ1v) is 8.63. The van der Waals surface area contributed by atoms with Crippen molar-refractivity contribution in [3.8, 4) is 5.75 Å². The maximum atomic E-state index is 12.2. The number of carbonyl (C=O) groups excluding carboxylic acids is 4. The Labute approximate surface area is 161 Å². The van der Waals surface area contributed by atoms with Crippen molar-refractivity contribution in [3.63, 3.8) is 0 Å². The monoisotopic (exact) mass is 382 g/mol. The highest BCUT2D eigenvalue weighted by Crippen LogP contribution is 2.24. The first kappa shape index (κ1) is 19.1. The van der Waals surface area contributed by atoms with Gasteiger partial charge in [-0.25, -0.2) is 0 Å². The van der Waals surface area contributed by atoms with Gasteiger partial charge in [-0.3, -0.25) is 24.1 Å². The highest BCUT2D eigenvalue weighted by molar-refractivity contribution is 6.22. The molecule has 2 aromatic rings. The first-order chi connectivity index (χ1) is 13.5. The molecule has 0 radical (unpaired) electrons. The number of anilines is 1. The summed E-state index contributed by atoms with van der Waals surface area (Å²) in [7, 11) is 0. The van der Waals surface area contributed by atoms with Crippen LogP contribution in [-0.2, 0) is 14.3 Å². The van der Waals surface area contributed by atoms with Gasteiger partial charge in [0.05, 0.1) is 23.4 Å². The fourth-order valence-corrected chi connectivity index (χ4v) is 2.74. The van der Waals surface area contributed by atoms with Gasteiger partial charge in [0.1, 0.15) is 12.3 Å². The van der Waals surface area contributed by atoms with Crippen LogP contribution in [0.15, 0.2) is 48.5 Å². The van der Waals surface area contributed by atoms with Crippen molar-refractivity contribution in [2.45, 2.75) is 6.92 Å². The Hall–Kier alpha value is -3.68. The lowest BCUT2D eigenvalue weighted by atomic mass is 10.1. The van der Waals surface area contributed by atoms with Crippen LogP contribution in [0.1, 0.15) is 27.6 Å². The quantitative estimate of drug-likeness (QED) is 0.579. The van der Waals surface area contributed by atoms with Crippen LogP contribution in [0.25, 0.3) is 0 Å². The Balaban J connectivity index is 1.53. The van der Waals surface area contributed by atoms with E-state index in [-0.39, 0.29) is 11.1 Å². The molecule has 2 aromatic carbocycles. The van der Waals surface area contributed by atoms with Crippen molar-refractivity contribution < 1.29 is 28.7 Å². The molecule has 0 saturated heterocycles. The molecule has 0 saturated carbocycles. The Morgan fingerprint density at radius 3 is 2.21 bits per heavy atom. The smallest absolute Gasteiger partial charge is 0.326 e. The molecule has 0 bridgehead atoms. The minimum Gasteiger partial charge on any atom is -0.492 e. The molecule has 28 heavy (non-hydrogen) atoms. The predicted octanol–water partition coefficient (Wildman–Crippen LogP) is 1.86. The zero-order chi connectivity index (χ0) is 20.1. The summed E-state index contributed by atoms with van der Waals surface area (Å²) < 4.78 is 10.3. The van der Waals surface area contributed by atoms with Crippen molar-refractivity contribution in [2.24, 2.45) is 0 Å². The summed E-state index contributed by atoms with van der Waals surface area (Å²) in [6.45, 7) is 1.14. The first-order valence-electron chi connectivity index (χ1n) is 8.63. The standard InChI is InChI=1S/C20H18N2O6/c1-2-27-16-10-6-5-9-15(16)21-17(23)12-28-18(24)11-22-19(25)13-7-3-4-8-14(13)20(22)26/h3-10H,2,11-12H2,1H3,(H,21,23). The highest BCUT2D eigenvalue weighted by atomic mass is 16.5. The number of carbonyl (C=O) groups is 4. The van der Waals surface area contributed by atoms with Gasteiger partial charge in [-0.2, -0.15) is 0 Å². The van der Waals surface area contributed by atoms with E-state index in [4.69, 9.17) is 9.47 Å². The van der Waals surface area contributed by atoms with Gasteiger partial charge in [-0.15, -0.1) is 0 Å². The van der Waals surface area contributed by atoms with Gasteiger partial charge in [0.15, 0.2) is 6.61 Å². The molecule has 1 aliphatic rings. The fourth-order valence-electron chi connectivity index (χ4n) is 2.74. The summed E-state index contributed by atoms with van der Waals surface area (Å²) in [5.74, 6) is -2.05. The molecule has 8 nitrogen and oxygen atoms in total. The molecule has 0 aromatic heterocycles. The largest absolute Gasteiger partial charge is 0.492 e. The summed E-state index contributed by atoms with van der Waals surface area (Å²) >= 11 is 0. The molecule has 1 heterocycles. The lowest BCUT2D eigenvalue weighted by molar-refractivity contribution is -0.147. The predicted molar refractivity (Wildman–Crippen MR) is 99.0 cm³/mol. The number of para-hydroxylation sites is 2. The third-order valence-corrected chi connectivity index (χ3v) is 3.99. The van der Waals surface area contributed by atoms with Gasteiger partial charge in [-0.1, -0.05) is 24.3 Å². The Morgan fingerprint density at radius 1 is 0.964 bits per heavy atom. The minimum atomic E-state index is -0.859. The SMILES string of the molecule is CCOc1ccccc1NC(=O)COC(=O)CN1C(=O)c2ccccc2C1=O. The topological polar surface area (TPSA) is 102 Å². The highest BCUT2D eigenvalue weighted by Gasteiger charge is 2.36. The molecule has 8 heteroatoms. The summed E-state index contributed by atoms with van der Waals surface area (Å²) in [6.07, 6.45) is 0. The van der Waals surface area contributed by atoms with Gasteiger partial charge in [0, 0.05) is 0 Å². The summed E-state index contributed by atoms with van der Waals surface area (Å²) in [6, 6.07) is 13.2. The van der Waals surface area contributed by atoms with Crippen LogP contribution in [0.4, 0.5) is 5.69 Å². The van der Waals surface area contributed by atoms with Crippen molar-refractivity contribution in [1.29, 1.82) is 0 Å². The second kappa shape index (κ2) is 8.34. The number of imide groups is 1. The Morgan fingerprint density at radius 2 is 1.57 bits per heavy atom. The molecule has 0 aliphatic carbocycles. The third-order valence-electron chi connectivity index (χ3n) is 3.99. The van der Waals surface area contributed by atoms with Crippen LogP contribution in [0.2, 0.25) is 0 Å². The van der Waals surface area contributed by atoms with Crippen LogP contribution in [0.3, 0.4) is 0 Å². The Kier molecular flexibility index (Phi) is 5.69. The van der Waals surface area contributed by atoms with E-state index in [0.29, 0.717) is 18.0 Å². The number of nitrogens with one attached hydrogen (secondary N) is 1. The van der Waals surface area contributed by atoms with E-state index in [1.807, 2.05) is 6.92 Å². The maximum Gasteiger partial charge on any atom is 0.326 e. The van der Waals surface area contributed by atoms with Crippen LogP contribution < -0.4 is 10.1 Å². The number of hydrogen-bond acceptors (Lipinski definition) is 6. The second-order valence-electron chi connectivity index (χ2n) is 5.88. The molecule has 1 N–H and O–H groups in total. The van der Waals surface area contributed by atoms with Crippen LogP contribution in [0.5, 0.6) is 5.75 Å². The van der Waals surface area contributed by atoms with E-state index in [0.717, 1.165) is 4.90 Å². The van der Waals surface area contributed by atoms with E-state index in [9.17, 15) is 19.2 Å². The number of esters is 1. The molecule has 0 unspecified atom stereocenters. The molecule has 0 fully saturated rings. The summed E-state index contributed by atoms with van der Waals surface area (Å²) in [4.78, 5) is 49.3. The lowest BCUT2D eigenvalue weighted by Crippen LogP contribution is -2.36. The van der Waals surface area contributed by atoms with Crippen LogP contribution in [-0.4, -0.2) is 48.3 Å². The molecule has 0 atom stereocenters. The van der Waals surface area contributed by atoms with E-state index in [2.05, 4.69) is 5.32 Å². The van der Waals surface area contributed by atoms with Crippen molar-refractivity contribution in [1.82, 2.24) is 4.90 Å². The lowest BCUT2D eigenvalue weighted by Gasteiger charge is -2.14. The molecular weight excluding hydrogens is 364 g/mol. The van der Waals surface area contributed by atoms with E-state index < -0.39 is 36.8 Å². The molecular formula is C20H18N2O6. The van der Waals surface area contributed by atoms with Crippen molar-refractivity contribution >= 4 is 29.4 Å². The van der Waals surface area contributed by atoms with Gasteiger partial charge >= 0.3 is 5.97 Å². The van der Waals surface area contributed by atoms with Crippen LogP contribution in [0, 0.1) is 0 Å². The van der Waals surface area contributed by atoms with Gasteiger partial charge in [0.25, 0.3) is 17.7 Å². The summed E-state index contributed by atoms with van der Waals surface area (Å²) in [5, 5.41) is 2.59. The second-order valence-corrected chi connectivity index (χ2v) is 5.88. The van der Waals surface area contributed by atoms with Gasteiger partial charge in [-0.05, 0) is 31.2 Å². The molecule has 3 rings (SSSR count). The van der Waals surface area contributed by atoms with Gasteiger partial charge < -0.3 is 14.8 Å². The van der Waals surface area contributed by atoms with E-state index >= 15 is 0 Å². The average molecular weight is 382 g/mol. The summed E-state index contributed by atoms with van der Waals surface area (Å²) in [5.41, 5.74) is 0.932. The normalized spacial score (nSPS) is 12.5. The molecule has 1 aliphatic heterocycles. The van der Waals surface area contributed by atoms with Crippen molar-refractivity contribution in [2.75, 3.05) is 25.1 Å². The number of fused-ring (bicyclic) bond motifs is 1.